The summed E-state index contributed by atoms with van der Waals surface area (Å²) in [6.07, 6.45) is 5.50. The first kappa shape index (κ1) is 25.8. The summed E-state index contributed by atoms with van der Waals surface area (Å²) < 4.78 is 6.85. The fraction of sp³-hybridized carbons (Fsp3) is 0.231. The zero-order chi connectivity index (χ0) is 25.9. The second-order valence-electron chi connectivity index (χ2n) is 8.37. The van der Waals surface area contributed by atoms with Gasteiger partial charge < -0.3 is 4.74 Å². The number of aromatic nitrogens is 2. The number of halogens is 2. The highest BCUT2D eigenvalue weighted by molar-refractivity contribution is 7.99. The van der Waals surface area contributed by atoms with E-state index in [0.717, 1.165) is 36.1 Å². The number of benzene rings is 2. The van der Waals surface area contributed by atoms with Crippen LogP contribution >= 0.6 is 46.3 Å². The van der Waals surface area contributed by atoms with Gasteiger partial charge in [-0.2, -0.15) is 5.10 Å². The standard InChI is InChI=1S/C26H22Cl2N4O3S2/c1-35-18-10-8-17(9-11-18)32-25(34)23-19-4-2-3-5-21(19)37-24(23)30-26(32)36-14-22(33)31-29-13-15-6-7-16(27)12-20(15)28/h6-13H,2-5,14H2,1H3,(H,31,33). The van der Waals surface area contributed by atoms with E-state index in [1.165, 1.54) is 22.9 Å². The highest BCUT2D eigenvalue weighted by Crippen LogP contribution is 2.35. The largest absolute Gasteiger partial charge is 0.497 e. The van der Waals surface area contributed by atoms with Crippen molar-refractivity contribution < 1.29 is 9.53 Å². The average molecular weight is 574 g/mol. The van der Waals surface area contributed by atoms with Crippen molar-refractivity contribution in [3.8, 4) is 11.4 Å². The Morgan fingerprint density at radius 1 is 1.22 bits per heavy atom. The highest BCUT2D eigenvalue weighted by atomic mass is 35.5. The van der Waals surface area contributed by atoms with Crippen LogP contribution in [0.2, 0.25) is 10.0 Å². The molecule has 0 aliphatic heterocycles. The van der Waals surface area contributed by atoms with Gasteiger partial charge in [0.05, 0.1) is 35.2 Å². The van der Waals surface area contributed by atoms with Crippen molar-refractivity contribution >= 4 is 68.6 Å². The van der Waals surface area contributed by atoms with Crippen LogP contribution in [-0.2, 0) is 17.6 Å². The number of methoxy groups -OCH3 is 1. The third-order valence-corrected chi connectivity index (χ3v) is 8.66. The van der Waals surface area contributed by atoms with E-state index in [9.17, 15) is 9.59 Å². The third-order valence-electron chi connectivity index (χ3n) is 5.98. The number of carbonyl (C=O) groups excluding carboxylic acids is 1. The van der Waals surface area contributed by atoms with Crippen LogP contribution in [0.4, 0.5) is 0 Å². The molecule has 2 heterocycles. The van der Waals surface area contributed by atoms with E-state index in [0.29, 0.717) is 37.6 Å². The number of nitrogens with zero attached hydrogens (tertiary/aromatic N) is 3. The van der Waals surface area contributed by atoms with Crippen LogP contribution < -0.4 is 15.7 Å². The number of nitrogens with one attached hydrogen (secondary N) is 1. The molecule has 190 valence electrons. The van der Waals surface area contributed by atoms with Crippen LogP contribution in [0.15, 0.2) is 57.5 Å². The highest BCUT2D eigenvalue weighted by Gasteiger charge is 2.23. The summed E-state index contributed by atoms with van der Waals surface area (Å²) in [5.41, 5.74) is 4.79. The summed E-state index contributed by atoms with van der Waals surface area (Å²) in [5, 5.41) is 6.07. The topological polar surface area (TPSA) is 85.6 Å². The van der Waals surface area contributed by atoms with Crippen molar-refractivity contribution in [2.45, 2.75) is 30.8 Å². The molecule has 0 bridgehead atoms. The van der Waals surface area contributed by atoms with E-state index in [4.69, 9.17) is 32.9 Å². The maximum atomic E-state index is 13.8. The molecule has 1 aliphatic carbocycles. The Morgan fingerprint density at radius 2 is 2.00 bits per heavy atom. The van der Waals surface area contributed by atoms with E-state index in [-0.39, 0.29) is 17.2 Å². The number of thioether (sulfide) groups is 1. The van der Waals surface area contributed by atoms with Gasteiger partial charge in [-0.25, -0.2) is 10.4 Å². The molecule has 7 nitrogen and oxygen atoms in total. The van der Waals surface area contributed by atoms with Crippen LogP contribution in [0.1, 0.15) is 28.8 Å². The second-order valence-corrected chi connectivity index (χ2v) is 11.2. The first-order valence-electron chi connectivity index (χ1n) is 11.6. The van der Waals surface area contributed by atoms with Crippen LogP contribution in [-0.4, -0.2) is 34.5 Å². The molecule has 2 aromatic carbocycles. The Bertz CT molecular complexity index is 1570. The number of rotatable bonds is 7. The molecule has 2 aromatic heterocycles. The Labute approximate surface area is 231 Å². The molecule has 0 unspecified atom stereocenters. The van der Waals surface area contributed by atoms with Gasteiger partial charge in [-0.1, -0.05) is 41.0 Å². The summed E-state index contributed by atoms with van der Waals surface area (Å²) in [5.74, 6) is 0.364. The van der Waals surface area contributed by atoms with Crippen molar-refractivity contribution in [1.82, 2.24) is 15.0 Å². The Morgan fingerprint density at radius 3 is 2.76 bits per heavy atom. The van der Waals surface area contributed by atoms with Gasteiger partial charge in [0.2, 0.25) is 0 Å². The van der Waals surface area contributed by atoms with E-state index < -0.39 is 0 Å². The molecule has 1 aliphatic rings. The van der Waals surface area contributed by atoms with Crippen molar-refractivity contribution in [3.05, 3.63) is 78.9 Å². The molecule has 0 fully saturated rings. The predicted molar refractivity (Wildman–Crippen MR) is 151 cm³/mol. The summed E-state index contributed by atoms with van der Waals surface area (Å²) in [7, 11) is 1.59. The van der Waals surface area contributed by atoms with Crippen LogP contribution in [0.5, 0.6) is 5.75 Å². The molecule has 4 aromatic rings. The van der Waals surface area contributed by atoms with E-state index in [1.807, 2.05) is 12.1 Å². The van der Waals surface area contributed by atoms with Gasteiger partial charge in [-0.15, -0.1) is 11.3 Å². The molecule has 11 heteroatoms. The Balaban J connectivity index is 1.42. The zero-order valence-corrected chi connectivity index (χ0v) is 22.9. The minimum absolute atomic E-state index is 0.0187. The fourth-order valence-corrected chi connectivity index (χ4v) is 6.75. The zero-order valence-electron chi connectivity index (χ0n) is 19.8. The maximum Gasteiger partial charge on any atom is 0.267 e. The lowest BCUT2D eigenvalue weighted by Gasteiger charge is -2.14. The van der Waals surface area contributed by atoms with Crippen molar-refractivity contribution in [2.24, 2.45) is 5.10 Å². The minimum Gasteiger partial charge on any atom is -0.497 e. The summed E-state index contributed by atoms with van der Waals surface area (Å²) >= 11 is 14.8. The number of aryl methyl sites for hydroxylation is 2. The third kappa shape index (κ3) is 5.55. The molecule has 0 radical (unpaired) electrons. The van der Waals surface area contributed by atoms with Crippen LogP contribution in [0, 0.1) is 0 Å². The number of ether oxygens (including phenoxy) is 1. The van der Waals surface area contributed by atoms with E-state index in [2.05, 4.69) is 10.5 Å². The van der Waals surface area contributed by atoms with Gasteiger partial charge >= 0.3 is 0 Å². The molecule has 5 rings (SSSR count). The Kier molecular flexibility index (Phi) is 7.85. The summed E-state index contributed by atoms with van der Waals surface area (Å²) in [6.45, 7) is 0. The molecule has 0 saturated carbocycles. The van der Waals surface area contributed by atoms with Crippen LogP contribution in [0.25, 0.3) is 15.9 Å². The maximum absolute atomic E-state index is 13.8. The van der Waals surface area contributed by atoms with Gasteiger partial charge in [-0.3, -0.25) is 14.2 Å². The molecule has 0 atom stereocenters. The van der Waals surface area contributed by atoms with Gasteiger partial charge in [0, 0.05) is 15.5 Å². The van der Waals surface area contributed by atoms with Gasteiger partial charge in [-0.05, 0) is 67.6 Å². The fourth-order valence-electron chi connectivity index (χ4n) is 4.18. The lowest BCUT2D eigenvalue weighted by molar-refractivity contribution is -0.118. The predicted octanol–water partition coefficient (Wildman–Crippen LogP) is 5.88. The quantitative estimate of drug-likeness (QED) is 0.129. The second kappa shape index (κ2) is 11.3. The molecular weight excluding hydrogens is 551 g/mol. The minimum atomic E-state index is -0.340. The SMILES string of the molecule is COc1ccc(-n2c(SCC(=O)NN=Cc3ccc(Cl)cc3Cl)nc3sc4c(c3c2=O)CCCC4)cc1. The smallest absolute Gasteiger partial charge is 0.267 e. The normalized spacial score (nSPS) is 13.2. The summed E-state index contributed by atoms with van der Waals surface area (Å²) in [6, 6.07) is 12.2. The van der Waals surface area contributed by atoms with E-state index in [1.54, 1.807) is 53.3 Å². The van der Waals surface area contributed by atoms with E-state index >= 15 is 0 Å². The van der Waals surface area contributed by atoms with Gasteiger partial charge in [0.15, 0.2) is 5.16 Å². The number of thiophene rings is 1. The first-order valence-corrected chi connectivity index (χ1v) is 14.1. The number of hydrogen-bond acceptors (Lipinski definition) is 7. The number of hydrazone groups is 1. The monoisotopic (exact) mass is 572 g/mol. The van der Waals surface area contributed by atoms with Crippen molar-refractivity contribution in [1.29, 1.82) is 0 Å². The molecule has 1 N–H and O–H groups in total. The average Bonchev–Trinajstić information content (AvgIpc) is 3.27. The lowest BCUT2D eigenvalue weighted by Crippen LogP contribution is -2.24. The lowest BCUT2D eigenvalue weighted by atomic mass is 9.97. The molecule has 37 heavy (non-hydrogen) atoms. The summed E-state index contributed by atoms with van der Waals surface area (Å²) in [4.78, 5) is 33.2. The van der Waals surface area contributed by atoms with Crippen LogP contribution in [0.3, 0.4) is 0 Å². The molecular formula is C26H22Cl2N4O3S2. The molecule has 0 saturated heterocycles. The first-order chi connectivity index (χ1) is 17.9. The van der Waals surface area contributed by atoms with Crippen molar-refractivity contribution in [3.63, 3.8) is 0 Å². The Hall–Kier alpha value is -2.85. The number of hydrogen-bond donors (Lipinski definition) is 1. The number of amides is 1. The van der Waals surface area contributed by atoms with Gasteiger partial charge in [0.25, 0.3) is 11.5 Å². The van der Waals surface area contributed by atoms with Gasteiger partial charge in [0.1, 0.15) is 10.6 Å². The molecule has 1 amide bonds. The number of fused-ring (bicyclic) bond motifs is 3. The van der Waals surface area contributed by atoms with Crippen molar-refractivity contribution in [2.75, 3.05) is 12.9 Å². The molecule has 0 spiro atoms. The number of carbonyl (C=O) groups is 1.